The number of benzene rings is 4. The molecule has 18 heteroatoms. The lowest BCUT2D eigenvalue weighted by molar-refractivity contribution is -0.290. The van der Waals surface area contributed by atoms with Crippen molar-refractivity contribution in [3.8, 4) is 17.2 Å². The zero-order valence-corrected chi connectivity index (χ0v) is 34.5. The molecule has 0 heterocycles. The highest BCUT2D eigenvalue weighted by Crippen LogP contribution is 2.58. The van der Waals surface area contributed by atoms with E-state index in [1.54, 1.807) is 6.92 Å². The Balaban J connectivity index is 0.000000438. The second kappa shape index (κ2) is 21.1. The molecule has 0 atom stereocenters. The number of hydrogen-bond donors (Lipinski definition) is 2. The van der Waals surface area contributed by atoms with Crippen molar-refractivity contribution in [1.82, 2.24) is 0 Å². The molecule has 0 saturated carbocycles. The number of alkyl halides is 14. The largest absolute Gasteiger partial charge is 0.508 e. The van der Waals surface area contributed by atoms with Crippen molar-refractivity contribution in [2.75, 3.05) is 0 Å². The summed E-state index contributed by atoms with van der Waals surface area (Å²) in [6.45, 7) is 15.3. The van der Waals surface area contributed by atoms with Gasteiger partial charge in [0, 0.05) is 0 Å². The molecule has 0 saturated heterocycles. The molecule has 0 fully saturated rings. The summed E-state index contributed by atoms with van der Waals surface area (Å²) in [6, 6.07) is 9.26. The zero-order chi connectivity index (χ0) is 47.9. The molecule has 4 aromatic carbocycles. The number of carbonyl (C=O) groups excluding carboxylic acids is 1. The Labute approximate surface area is 371 Å². The highest BCUT2D eigenvalue weighted by molar-refractivity contribution is 6.53. The molecule has 0 unspecified atom stereocenters. The fourth-order valence-electron chi connectivity index (χ4n) is 6.90. The molecule has 4 nitrogen and oxygen atoms in total. The minimum Gasteiger partial charge on any atom is -0.508 e. The molecular weight excluding hydrogens is 915 g/mol. The van der Waals surface area contributed by atoms with Gasteiger partial charge in [0.25, 0.3) is 0 Å². The lowest BCUT2D eigenvalue weighted by Gasteiger charge is -2.39. The third kappa shape index (κ3) is 10.9. The second-order valence-electron chi connectivity index (χ2n) is 13.8. The van der Waals surface area contributed by atoms with Crippen molar-refractivity contribution in [3.05, 3.63) is 173 Å². The van der Waals surface area contributed by atoms with E-state index in [1.807, 2.05) is 0 Å². The molecule has 348 valence electrons. The number of halogens is 14. The maximum atomic E-state index is 14.5. The first-order valence-corrected chi connectivity index (χ1v) is 19.1. The summed E-state index contributed by atoms with van der Waals surface area (Å²) in [5.41, 5.74) is -12.6. The molecule has 0 aliphatic carbocycles. The quantitative estimate of drug-likeness (QED) is 0.0434. The zero-order valence-electron chi connectivity index (χ0n) is 33.0. The minimum absolute atomic E-state index is 0. The predicted octanol–water partition coefficient (Wildman–Crippen LogP) is 14.2. The first-order chi connectivity index (χ1) is 29.1. The maximum absolute atomic E-state index is 14.5. The third-order valence-corrected chi connectivity index (χ3v) is 10.2. The Kier molecular flexibility index (Phi) is 18.1. The molecule has 0 bridgehead atoms. The number of rotatable bonds is 14. The van der Waals surface area contributed by atoms with Gasteiger partial charge in [-0.15, -0.1) is 26.3 Å². The number of aromatic hydroxyl groups is 2. The first-order valence-electron chi connectivity index (χ1n) is 18.2. The van der Waals surface area contributed by atoms with Gasteiger partial charge in [0.15, 0.2) is 0 Å². The standard InChI is InChI=1S/C24H20Cl2F6O2.C21H18F6O2.CH4/c1-4-6-15-12-17(9-8-14(15)3)22(23(27,28)29,24(30,31)32)18-10-11-19(16(13-18)7-5-2)34-21(33)20(25)26;1-3-5-13-11-15(7-9-17(13)28)19(20(22,23)24,21(25,26)27)16-8-10-18(29)14(12-16)6-4-2;/h4-5,8-13,20H,1-2,6-7H2,3H3;3-4,7-12,28-29H,1-2,5-6H2;1H4. The molecule has 0 aliphatic rings. The Hall–Kier alpha value is -5.35. The molecule has 4 rings (SSSR count). The van der Waals surface area contributed by atoms with Crippen LogP contribution in [0.15, 0.2) is 123 Å². The van der Waals surface area contributed by atoms with Gasteiger partial charge in [-0.3, -0.25) is 0 Å². The molecule has 64 heavy (non-hydrogen) atoms. The van der Waals surface area contributed by atoms with E-state index in [1.165, 1.54) is 30.4 Å². The molecule has 0 radical (unpaired) electrons. The van der Waals surface area contributed by atoms with Gasteiger partial charge in [0.05, 0.1) is 0 Å². The Morgan fingerprint density at radius 2 is 0.844 bits per heavy atom. The van der Waals surface area contributed by atoms with Crippen molar-refractivity contribution in [1.29, 1.82) is 0 Å². The molecule has 4 aromatic rings. The minimum atomic E-state index is -5.77. The Morgan fingerprint density at radius 3 is 1.19 bits per heavy atom. The van der Waals surface area contributed by atoms with Gasteiger partial charge < -0.3 is 14.9 Å². The van der Waals surface area contributed by atoms with Gasteiger partial charge in [-0.1, -0.05) is 110 Å². The molecule has 0 aliphatic heterocycles. The van der Waals surface area contributed by atoms with Crippen LogP contribution >= 0.6 is 23.2 Å². The van der Waals surface area contributed by atoms with Crippen molar-refractivity contribution in [3.63, 3.8) is 0 Å². The summed E-state index contributed by atoms with van der Waals surface area (Å²) < 4.78 is 177. The van der Waals surface area contributed by atoms with Crippen LogP contribution in [0.1, 0.15) is 57.5 Å². The maximum Gasteiger partial charge on any atom is 0.411 e. The van der Waals surface area contributed by atoms with Crippen LogP contribution in [0.2, 0.25) is 0 Å². The molecular formula is C46H42Cl2F12O4. The lowest BCUT2D eigenvalue weighted by Crippen LogP contribution is -2.54. The average molecular weight is 958 g/mol. The van der Waals surface area contributed by atoms with Crippen LogP contribution in [0.5, 0.6) is 17.2 Å². The Bertz CT molecular complexity index is 2220. The number of ether oxygens (including phenoxy) is 1. The molecule has 0 spiro atoms. The summed E-state index contributed by atoms with van der Waals surface area (Å²) in [7, 11) is 0. The van der Waals surface area contributed by atoms with E-state index >= 15 is 0 Å². The average Bonchev–Trinajstić information content (AvgIpc) is 3.15. The number of esters is 1. The lowest BCUT2D eigenvalue weighted by atomic mass is 9.71. The van der Waals surface area contributed by atoms with Crippen LogP contribution in [0, 0.1) is 6.92 Å². The van der Waals surface area contributed by atoms with E-state index in [9.17, 15) is 67.7 Å². The van der Waals surface area contributed by atoms with Crippen LogP contribution in [0.25, 0.3) is 0 Å². The normalized spacial score (nSPS) is 12.4. The molecule has 0 aromatic heterocycles. The van der Waals surface area contributed by atoms with E-state index in [2.05, 4.69) is 26.3 Å². The fourth-order valence-corrected chi connectivity index (χ4v) is 6.99. The summed E-state index contributed by atoms with van der Waals surface area (Å²) in [5, 5.41) is 19.6. The van der Waals surface area contributed by atoms with Crippen molar-refractivity contribution in [2.24, 2.45) is 0 Å². The Morgan fingerprint density at radius 1 is 0.547 bits per heavy atom. The number of hydrogen-bond acceptors (Lipinski definition) is 4. The van der Waals surface area contributed by atoms with Crippen molar-refractivity contribution >= 4 is 29.2 Å². The van der Waals surface area contributed by atoms with E-state index in [4.69, 9.17) is 27.9 Å². The van der Waals surface area contributed by atoms with Crippen LogP contribution < -0.4 is 4.74 Å². The molecule has 0 amide bonds. The summed E-state index contributed by atoms with van der Waals surface area (Å²) >= 11 is 10.9. The van der Waals surface area contributed by atoms with Crippen LogP contribution in [-0.4, -0.2) is 45.7 Å². The first kappa shape index (κ1) is 54.8. The summed E-state index contributed by atoms with van der Waals surface area (Å²) in [5.74, 6) is -2.30. The topological polar surface area (TPSA) is 66.8 Å². The smallest absolute Gasteiger partial charge is 0.411 e. The van der Waals surface area contributed by atoms with Gasteiger partial charge in [0.2, 0.25) is 15.7 Å². The van der Waals surface area contributed by atoms with E-state index in [0.29, 0.717) is 42.0 Å². The summed E-state index contributed by atoms with van der Waals surface area (Å²) in [4.78, 5) is 10.1. The van der Waals surface area contributed by atoms with E-state index < -0.39 is 80.1 Å². The monoisotopic (exact) mass is 956 g/mol. The van der Waals surface area contributed by atoms with Gasteiger partial charge in [-0.05, 0) is 101 Å². The number of allylic oxidation sites excluding steroid dienone is 4. The highest BCUT2D eigenvalue weighted by Gasteiger charge is 2.73. The summed E-state index contributed by atoms with van der Waals surface area (Å²) in [6.07, 6.45) is -18.3. The highest BCUT2D eigenvalue weighted by atomic mass is 35.5. The van der Waals surface area contributed by atoms with Crippen LogP contribution in [0.4, 0.5) is 52.7 Å². The van der Waals surface area contributed by atoms with Crippen LogP contribution in [-0.2, 0) is 41.3 Å². The van der Waals surface area contributed by atoms with Crippen molar-refractivity contribution in [2.45, 2.75) is 80.4 Å². The van der Waals surface area contributed by atoms with Gasteiger partial charge in [-0.25, -0.2) is 4.79 Å². The van der Waals surface area contributed by atoms with Gasteiger partial charge in [-0.2, -0.15) is 52.7 Å². The number of aryl methyl sites for hydroxylation is 1. The SMILES string of the molecule is C.C=CCc1cc(C(c2ccc(O)c(CC=C)c2)(C(F)(F)F)C(F)(F)F)ccc1O.C=CCc1cc(C(c2ccc(OC(=O)C(Cl)Cl)c(CC=C)c2)(C(F)(F)F)C(F)(F)F)ccc1C. The third-order valence-electron chi connectivity index (χ3n) is 9.85. The number of phenolic OH excluding ortho intramolecular Hbond substituents is 2. The van der Waals surface area contributed by atoms with E-state index in [-0.39, 0.29) is 61.1 Å². The fraction of sp³-hybridized carbons (Fsp3) is 0.283. The predicted molar refractivity (Wildman–Crippen MR) is 223 cm³/mol. The number of phenols is 2. The van der Waals surface area contributed by atoms with Crippen LogP contribution in [0.3, 0.4) is 0 Å². The van der Waals surface area contributed by atoms with E-state index in [0.717, 1.165) is 30.3 Å². The van der Waals surface area contributed by atoms with Crippen molar-refractivity contribution < 1.29 is 72.4 Å². The number of carbonyl (C=O) groups is 1. The van der Waals surface area contributed by atoms with Gasteiger partial charge in [0.1, 0.15) is 17.2 Å². The van der Waals surface area contributed by atoms with Gasteiger partial charge >= 0.3 is 30.7 Å². The molecule has 2 N–H and O–H groups in total. The second-order valence-corrected chi connectivity index (χ2v) is 14.9.